The summed E-state index contributed by atoms with van der Waals surface area (Å²) >= 11 is 0. The average molecular weight is 311 g/mol. The van der Waals surface area contributed by atoms with E-state index >= 15 is 0 Å². The monoisotopic (exact) mass is 311 g/mol. The van der Waals surface area contributed by atoms with Crippen LogP contribution in [0.25, 0.3) is 0 Å². The summed E-state index contributed by atoms with van der Waals surface area (Å²) in [5.41, 5.74) is 4.89. The van der Waals surface area contributed by atoms with E-state index in [1.165, 1.54) is 5.56 Å². The molecular formula is C18H21N3O2. The fraction of sp³-hybridized carbons (Fsp3) is 0.444. The minimum absolute atomic E-state index is 0.0827. The summed E-state index contributed by atoms with van der Waals surface area (Å²) in [6, 6.07) is 6.03. The van der Waals surface area contributed by atoms with Gasteiger partial charge < -0.3 is 10.2 Å². The van der Waals surface area contributed by atoms with Gasteiger partial charge in [-0.3, -0.25) is 9.69 Å². The number of hydrogen-bond acceptors (Lipinski definition) is 2. The van der Waals surface area contributed by atoms with Gasteiger partial charge in [0.2, 0.25) is 0 Å². The molecule has 1 aliphatic carbocycles. The molecule has 0 radical (unpaired) electrons. The number of nitrogens with zero attached hydrogens (tertiary/aromatic N) is 2. The highest BCUT2D eigenvalue weighted by molar-refractivity contribution is 6.01. The summed E-state index contributed by atoms with van der Waals surface area (Å²) in [5, 5.41) is 3.01. The number of carbonyl (C=O) groups is 2. The first-order valence-corrected chi connectivity index (χ1v) is 8.12. The van der Waals surface area contributed by atoms with Gasteiger partial charge in [0.1, 0.15) is 0 Å². The van der Waals surface area contributed by atoms with E-state index in [0.29, 0.717) is 12.6 Å². The van der Waals surface area contributed by atoms with Crippen LogP contribution in [0, 0.1) is 13.8 Å². The summed E-state index contributed by atoms with van der Waals surface area (Å²) < 4.78 is 0. The van der Waals surface area contributed by atoms with Crippen molar-refractivity contribution >= 4 is 11.9 Å². The van der Waals surface area contributed by atoms with E-state index in [1.54, 1.807) is 11.9 Å². The smallest absolute Gasteiger partial charge is 0.322 e. The number of benzene rings is 1. The van der Waals surface area contributed by atoms with Gasteiger partial charge in [-0.15, -0.1) is 0 Å². The molecule has 1 aromatic rings. The van der Waals surface area contributed by atoms with Crippen molar-refractivity contribution in [3.8, 4) is 0 Å². The Balaban J connectivity index is 1.79. The summed E-state index contributed by atoms with van der Waals surface area (Å²) in [6.07, 6.45) is 2.15. The number of hydrogen-bond donors (Lipinski definition) is 1. The maximum Gasteiger partial charge on any atom is 0.322 e. The van der Waals surface area contributed by atoms with Crippen LogP contribution >= 0.6 is 0 Å². The molecule has 1 atom stereocenters. The number of carbonyl (C=O) groups excluding carboxylic acids is 2. The molecule has 0 bridgehead atoms. The fourth-order valence-corrected chi connectivity index (χ4v) is 3.65. The van der Waals surface area contributed by atoms with Crippen LogP contribution in [-0.2, 0) is 4.79 Å². The van der Waals surface area contributed by atoms with Crippen LogP contribution in [0.5, 0.6) is 0 Å². The SMILES string of the molecule is Cc1ccc([C@H]2NC(=O)N(C)C3=C2C(=O)N(C2CC2)C3)c(C)c1. The van der Waals surface area contributed by atoms with Gasteiger partial charge in [0.15, 0.2) is 0 Å². The van der Waals surface area contributed by atoms with Crippen molar-refractivity contribution in [2.75, 3.05) is 13.6 Å². The maximum absolute atomic E-state index is 12.9. The molecule has 2 heterocycles. The molecule has 0 aromatic heterocycles. The van der Waals surface area contributed by atoms with Crippen LogP contribution < -0.4 is 5.32 Å². The van der Waals surface area contributed by atoms with Gasteiger partial charge in [-0.1, -0.05) is 23.8 Å². The molecular weight excluding hydrogens is 290 g/mol. The lowest BCUT2D eigenvalue weighted by atomic mass is 9.91. The Bertz CT molecular complexity index is 749. The lowest BCUT2D eigenvalue weighted by molar-refractivity contribution is -0.126. The average Bonchev–Trinajstić information content (AvgIpc) is 3.27. The molecule has 2 aliphatic heterocycles. The zero-order valence-electron chi connectivity index (χ0n) is 13.7. The molecule has 120 valence electrons. The van der Waals surface area contributed by atoms with Crippen LogP contribution in [-0.4, -0.2) is 41.4 Å². The van der Waals surface area contributed by atoms with E-state index < -0.39 is 0 Å². The molecule has 1 saturated carbocycles. The Morgan fingerprint density at radius 3 is 2.57 bits per heavy atom. The van der Waals surface area contributed by atoms with Crippen LogP contribution in [0.3, 0.4) is 0 Å². The summed E-state index contributed by atoms with van der Waals surface area (Å²) in [7, 11) is 1.74. The maximum atomic E-state index is 12.9. The Hall–Kier alpha value is -2.30. The number of nitrogens with one attached hydrogen (secondary N) is 1. The van der Waals surface area contributed by atoms with Gasteiger partial charge in [0.05, 0.1) is 23.9 Å². The largest absolute Gasteiger partial charge is 0.330 e. The molecule has 5 heteroatoms. The Morgan fingerprint density at radius 1 is 1.17 bits per heavy atom. The molecule has 0 saturated heterocycles. The summed E-state index contributed by atoms with van der Waals surface area (Å²) in [4.78, 5) is 28.8. The highest BCUT2D eigenvalue weighted by Crippen LogP contribution is 2.40. The molecule has 5 nitrogen and oxygen atoms in total. The van der Waals surface area contributed by atoms with Crippen molar-refractivity contribution in [2.24, 2.45) is 0 Å². The van der Waals surface area contributed by atoms with Crippen LogP contribution in [0.2, 0.25) is 0 Å². The van der Waals surface area contributed by atoms with E-state index in [4.69, 9.17) is 0 Å². The van der Waals surface area contributed by atoms with E-state index in [1.807, 2.05) is 30.9 Å². The summed E-state index contributed by atoms with van der Waals surface area (Å²) in [5.74, 6) is 0.0827. The second-order valence-electron chi connectivity index (χ2n) is 6.83. The normalized spacial score (nSPS) is 24.2. The van der Waals surface area contributed by atoms with Crippen LogP contribution in [0.1, 0.15) is 35.6 Å². The third kappa shape index (κ3) is 2.14. The standard InChI is InChI=1S/C18H21N3O2/c1-10-4-7-13(11(2)8-10)16-15-14(20(3)18(23)19-16)9-21(17(15)22)12-5-6-12/h4,7-8,12,16H,5-6,9H2,1-3H3,(H,19,23)/t16-/m1/s1. The first kappa shape index (κ1) is 14.3. The second-order valence-corrected chi connectivity index (χ2v) is 6.83. The first-order valence-electron chi connectivity index (χ1n) is 8.12. The van der Waals surface area contributed by atoms with Crippen molar-refractivity contribution in [2.45, 2.75) is 38.8 Å². The van der Waals surface area contributed by atoms with Gasteiger partial charge in [-0.25, -0.2) is 4.79 Å². The van der Waals surface area contributed by atoms with Gasteiger partial charge in [-0.2, -0.15) is 0 Å². The third-order valence-corrected chi connectivity index (χ3v) is 5.11. The van der Waals surface area contributed by atoms with E-state index in [2.05, 4.69) is 11.4 Å². The minimum atomic E-state index is -0.342. The van der Waals surface area contributed by atoms with Gasteiger partial charge in [0, 0.05) is 13.1 Å². The Morgan fingerprint density at radius 2 is 1.91 bits per heavy atom. The molecule has 23 heavy (non-hydrogen) atoms. The lowest BCUT2D eigenvalue weighted by Crippen LogP contribution is -2.45. The molecule has 1 N–H and O–H groups in total. The van der Waals surface area contributed by atoms with Gasteiger partial charge in [0.25, 0.3) is 5.91 Å². The molecule has 1 aromatic carbocycles. The topological polar surface area (TPSA) is 52.7 Å². The van der Waals surface area contributed by atoms with Crippen molar-refractivity contribution in [1.82, 2.24) is 15.1 Å². The number of aryl methyl sites for hydroxylation is 2. The predicted molar refractivity (Wildman–Crippen MR) is 86.7 cm³/mol. The molecule has 4 rings (SSSR count). The Labute approximate surface area is 135 Å². The Kier molecular flexibility index (Phi) is 3.01. The molecule has 3 amide bonds. The molecule has 0 unspecified atom stereocenters. The van der Waals surface area contributed by atoms with Crippen molar-refractivity contribution in [1.29, 1.82) is 0 Å². The number of urea groups is 1. The fourth-order valence-electron chi connectivity index (χ4n) is 3.65. The lowest BCUT2D eigenvalue weighted by Gasteiger charge is -2.31. The zero-order valence-corrected chi connectivity index (χ0v) is 13.7. The van der Waals surface area contributed by atoms with Crippen LogP contribution in [0.4, 0.5) is 4.79 Å². The highest BCUT2D eigenvalue weighted by atomic mass is 16.2. The van der Waals surface area contributed by atoms with E-state index in [9.17, 15) is 9.59 Å². The summed E-state index contributed by atoms with van der Waals surface area (Å²) in [6.45, 7) is 4.64. The number of rotatable bonds is 2. The number of likely N-dealkylation sites (N-methyl/N-ethyl adjacent to an activating group) is 1. The highest BCUT2D eigenvalue weighted by Gasteiger charge is 2.47. The quantitative estimate of drug-likeness (QED) is 0.911. The molecule has 0 spiro atoms. The van der Waals surface area contributed by atoms with Crippen molar-refractivity contribution in [3.63, 3.8) is 0 Å². The van der Waals surface area contributed by atoms with E-state index in [-0.39, 0.29) is 18.0 Å². The van der Waals surface area contributed by atoms with Gasteiger partial charge in [-0.05, 0) is 37.8 Å². The second kappa shape index (κ2) is 4.85. The minimum Gasteiger partial charge on any atom is -0.330 e. The first-order chi connectivity index (χ1) is 11.0. The molecule has 3 aliphatic rings. The van der Waals surface area contributed by atoms with E-state index in [0.717, 1.165) is 35.2 Å². The predicted octanol–water partition coefficient (Wildman–Crippen LogP) is 2.26. The number of amides is 3. The third-order valence-electron chi connectivity index (χ3n) is 5.11. The van der Waals surface area contributed by atoms with Crippen molar-refractivity contribution < 1.29 is 9.59 Å². The molecule has 1 fully saturated rings. The zero-order chi connectivity index (χ0) is 16.3. The van der Waals surface area contributed by atoms with Gasteiger partial charge >= 0.3 is 6.03 Å². The van der Waals surface area contributed by atoms with Crippen molar-refractivity contribution in [3.05, 3.63) is 46.2 Å². The van der Waals surface area contributed by atoms with Crippen LogP contribution in [0.15, 0.2) is 29.5 Å².